The summed E-state index contributed by atoms with van der Waals surface area (Å²) in [6.07, 6.45) is 2.25. The minimum atomic E-state index is 0.364. The van der Waals surface area contributed by atoms with Crippen molar-refractivity contribution in [1.82, 2.24) is 9.80 Å². The summed E-state index contributed by atoms with van der Waals surface area (Å²) in [5.74, 6) is 0. The lowest BCUT2D eigenvalue weighted by atomic mass is 10.1. The summed E-state index contributed by atoms with van der Waals surface area (Å²) < 4.78 is 0. The summed E-state index contributed by atoms with van der Waals surface area (Å²) in [5.41, 5.74) is 0. The van der Waals surface area contributed by atoms with E-state index in [1.165, 1.54) is 0 Å². The summed E-state index contributed by atoms with van der Waals surface area (Å²) in [4.78, 5) is 4.34. The van der Waals surface area contributed by atoms with E-state index < -0.39 is 0 Å². The van der Waals surface area contributed by atoms with Crippen LogP contribution < -0.4 is 0 Å². The van der Waals surface area contributed by atoms with Crippen molar-refractivity contribution in [2.75, 3.05) is 13.1 Å². The molecule has 13 heavy (non-hydrogen) atoms. The van der Waals surface area contributed by atoms with Crippen LogP contribution in [0.5, 0.6) is 0 Å². The molecule has 0 N–H and O–H groups in total. The average molecular weight is 181 g/mol. The maximum absolute atomic E-state index is 8.86. The molecule has 0 saturated carbocycles. The Morgan fingerprint density at radius 2 is 1.85 bits per heavy atom. The fourth-order valence-electron chi connectivity index (χ4n) is 2.01. The highest BCUT2D eigenvalue weighted by atomic mass is 15.3. The summed E-state index contributed by atoms with van der Waals surface area (Å²) in [6.45, 7) is 10.6. The summed E-state index contributed by atoms with van der Waals surface area (Å²) in [5, 5.41) is 8.86. The Morgan fingerprint density at radius 3 is 2.31 bits per heavy atom. The van der Waals surface area contributed by atoms with Crippen LogP contribution >= 0.6 is 0 Å². The molecule has 1 rings (SSSR count). The van der Waals surface area contributed by atoms with Crippen molar-refractivity contribution < 1.29 is 0 Å². The molecule has 1 heterocycles. The maximum atomic E-state index is 8.86. The topological polar surface area (TPSA) is 30.3 Å². The quantitative estimate of drug-likeness (QED) is 0.571. The second-order valence-electron chi connectivity index (χ2n) is 4.24. The van der Waals surface area contributed by atoms with Crippen molar-refractivity contribution in [3.8, 4) is 6.19 Å². The summed E-state index contributed by atoms with van der Waals surface area (Å²) in [6, 6.07) is 1.44. The predicted molar refractivity (Wildman–Crippen MR) is 53.1 cm³/mol. The van der Waals surface area contributed by atoms with E-state index in [1.807, 2.05) is 4.90 Å². The molecular formula is C10H19N3. The lowest BCUT2D eigenvalue weighted by Gasteiger charge is -2.43. The van der Waals surface area contributed by atoms with Gasteiger partial charge in [-0.05, 0) is 27.7 Å². The second-order valence-corrected chi connectivity index (χ2v) is 4.24. The first-order valence-electron chi connectivity index (χ1n) is 4.98. The Kier molecular flexibility index (Phi) is 3.16. The Morgan fingerprint density at radius 1 is 1.23 bits per heavy atom. The summed E-state index contributed by atoms with van der Waals surface area (Å²) in [7, 11) is 0. The fourth-order valence-corrected chi connectivity index (χ4v) is 2.01. The van der Waals surface area contributed by atoms with Crippen LogP contribution in [-0.4, -0.2) is 41.0 Å². The molecule has 2 unspecified atom stereocenters. The van der Waals surface area contributed by atoms with Crippen LogP contribution in [0.15, 0.2) is 0 Å². The first kappa shape index (κ1) is 10.3. The molecule has 0 amide bonds. The van der Waals surface area contributed by atoms with E-state index in [2.05, 4.69) is 38.8 Å². The molecule has 0 aliphatic carbocycles. The Balaban J connectivity index is 2.63. The zero-order valence-electron chi connectivity index (χ0n) is 8.99. The van der Waals surface area contributed by atoms with E-state index in [1.54, 1.807) is 0 Å². The molecule has 0 aromatic rings. The van der Waals surface area contributed by atoms with Gasteiger partial charge in [-0.1, -0.05) is 0 Å². The molecule has 0 spiro atoms. The van der Waals surface area contributed by atoms with Crippen molar-refractivity contribution in [1.29, 1.82) is 5.26 Å². The van der Waals surface area contributed by atoms with Gasteiger partial charge in [0.25, 0.3) is 0 Å². The van der Waals surface area contributed by atoms with E-state index in [0.29, 0.717) is 18.1 Å². The van der Waals surface area contributed by atoms with Crippen LogP contribution in [0.4, 0.5) is 0 Å². The molecule has 3 nitrogen and oxygen atoms in total. The number of nitrogens with zero attached hydrogens (tertiary/aromatic N) is 3. The fraction of sp³-hybridized carbons (Fsp3) is 0.900. The van der Waals surface area contributed by atoms with Gasteiger partial charge in [-0.25, -0.2) is 0 Å². The molecule has 0 aromatic carbocycles. The molecule has 0 radical (unpaired) electrons. The van der Waals surface area contributed by atoms with Crippen molar-refractivity contribution in [3.63, 3.8) is 0 Å². The molecule has 2 atom stereocenters. The van der Waals surface area contributed by atoms with Gasteiger partial charge >= 0.3 is 0 Å². The molecule has 1 aliphatic rings. The molecule has 1 aliphatic heterocycles. The minimum absolute atomic E-state index is 0.364. The van der Waals surface area contributed by atoms with Gasteiger partial charge in [-0.2, -0.15) is 5.26 Å². The van der Waals surface area contributed by atoms with Gasteiger partial charge in [0.15, 0.2) is 6.19 Å². The Hall–Kier alpha value is -0.750. The van der Waals surface area contributed by atoms with Crippen LogP contribution in [0.25, 0.3) is 0 Å². The minimum Gasteiger partial charge on any atom is -0.305 e. The molecule has 1 fully saturated rings. The zero-order valence-corrected chi connectivity index (χ0v) is 8.99. The highest BCUT2D eigenvalue weighted by molar-refractivity contribution is 4.91. The van der Waals surface area contributed by atoms with Gasteiger partial charge < -0.3 is 4.90 Å². The first-order valence-corrected chi connectivity index (χ1v) is 4.98. The highest BCUT2D eigenvalue weighted by Gasteiger charge is 2.29. The Bertz CT molecular complexity index is 207. The van der Waals surface area contributed by atoms with Gasteiger partial charge in [-0.15, -0.1) is 0 Å². The summed E-state index contributed by atoms with van der Waals surface area (Å²) >= 11 is 0. The van der Waals surface area contributed by atoms with Crippen LogP contribution in [0.2, 0.25) is 0 Å². The van der Waals surface area contributed by atoms with Gasteiger partial charge in [-0.3, -0.25) is 4.90 Å². The van der Waals surface area contributed by atoms with Gasteiger partial charge in [0.05, 0.1) is 0 Å². The van der Waals surface area contributed by atoms with Crippen LogP contribution in [0.3, 0.4) is 0 Å². The third-order valence-corrected chi connectivity index (χ3v) is 2.83. The normalized spacial score (nSPS) is 30.6. The zero-order chi connectivity index (χ0) is 10.0. The first-order chi connectivity index (χ1) is 6.06. The van der Waals surface area contributed by atoms with E-state index >= 15 is 0 Å². The van der Waals surface area contributed by atoms with Crippen molar-refractivity contribution in [3.05, 3.63) is 0 Å². The molecular weight excluding hydrogens is 162 g/mol. The van der Waals surface area contributed by atoms with Crippen molar-refractivity contribution >= 4 is 0 Å². The monoisotopic (exact) mass is 181 g/mol. The van der Waals surface area contributed by atoms with Crippen LogP contribution in [0, 0.1) is 11.5 Å². The standard InChI is InChI=1S/C10H19N3/c1-8(2)13-6-9(3)12(7-11)5-10(13)4/h8-10H,5-6H2,1-4H3. The number of hydrogen-bond donors (Lipinski definition) is 0. The van der Waals surface area contributed by atoms with E-state index in [9.17, 15) is 0 Å². The van der Waals surface area contributed by atoms with E-state index in [0.717, 1.165) is 13.1 Å². The highest BCUT2D eigenvalue weighted by Crippen LogP contribution is 2.16. The largest absolute Gasteiger partial charge is 0.305 e. The average Bonchev–Trinajstić information content (AvgIpc) is 2.07. The van der Waals surface area contributed by atoms with Crippen LogP contribution in [0.1, 0.15) is 27.7 Å². The van der Waals surface area contributed by atoms with Gasteiger partial charge in [0.1, 0.15) is 0 Å². The molecule has 0 bridgehead atoms. The number of nitriles is 1. The van der Waals surface area contributed by atoms with E-state index in [4.69, 9.17) is 5.26 Å². The maximum Gasteiger partial charge on any atom is 0.179 e. The van der Waals surface area contributed by atoms with Gasteiger partial charge in [0.2, 0.25) is 0 Å². The smallest absolute Gasteiger partial charge is 0.179 e. The second kappa shape index (κ2) is 3.97. The number of rotatable bonds is 1. The van der Waals surface area contributed by atoms with Crippen LogP contribution in [-0.2, 0) is 0 Å². The molecule has 3 heteroatoms. The molecule has 1 saturated heterocycles. The lowest BCUT2D eigenvalue weighted by Crippen LogP contribution is -2.56. The third-order valence-electron chi connectivity index (χ3n) is 2.83. The predicted octanol–water partition coefficient (Wildman–Crippen LogP) is 1.27. The van der Waals surface area contributed by atoms with Crippen molar-refractivity contribution in [2.45, 2.75) is 45.8 Å². The Labute approximate surface area is 80.9 Å². The molecule has 74 valence electrons. The molecule has 0 aromatic heterocycles. The third kappa shape index (κ3) is 2.13. The number of hydrogen-bond acceptors (Lipinski definition) is 3. The van der Waals surface area contributed by atoms with Crippen molar-refractivity contribution in [2.24, 2.45) is 0 Å². The SMILES string of the molecule is CC1CN(C(C)C)C(C)CN1C#N. The lowest BCUT2D eigenvalue weighted by molar-refractivity contribution is 0.0541. The number of piperazine rings is 1. The van der Waals surface area contributed by atoms with E-state index in [-0.39, 0.29) is 0 Å². The van der Waals surface area contributed by atoms with Gasteiger partial charge in [0, 0.05) is 31.2 Å².